The van der Waals surface area contributed by atoms with Crippen molar-refractivity contribution in [2.75, 3.05) is 13.1 Å². The number of phenols is 1. The molecule has 2 heterocycles. The van der Waals surface area contributed by atoms with Crippen molar-refractivity contribution in [2.24, 2.45) is 5.92 Å². The number of benzene rings is 1. The summed E-state index contributed by atoms with van der Waals surface area (Å²) in [6, 6.07) is 5.74. The molecule has 1 amide bonds. The molecule has 2 aliphatic rings. The largest absolute Gasteiger partial charge is 0.508 e. The van der Waals surface area contributed by atoms with Gasteiger partial charge in [0.25, 0.3) is 0 Å². The summed E-state index contributed by atoms with van der Waals surface area (Å²) in [5.41, 5.74) is 2.33. The van der Waals surface area contributed by atoms with Crippen molar-refractivity contribution in [3.05, 3.63) is 29.3 Å². The smallest absolute Gasteiger partial charge is 0.227 e. The average molecular weight is 260 g/mol. The Hall–Kier alpha value is -1.55. The Morgan fingerprint density at radius 2 is 2.26 bits per heavy atom. The minimum absolute atomic E-state index is 0.110. The maximum atomic E-state index is 12.5. The summed E-state index contributed by atoms with van der Waals surface area (Å²) < 4.78 is 0. The first-order valence-corrected chi connectivity index (χ1v) is 6.98. The molecule has 2 atom stereocenters. The topological polar surface area (TPSA) is 52.6 Å². The van der Waals surface area contributed by atoms with Gasteiger partial charge < -0.3 is 15.3 Å². The summed E-state index contributed by atoms with van der Waals surface area (Å²) >= 11 is 0. The second-order valence-corrected chi connectivity index (χ2v) is 5.60. The highest BCUT2D eigenvalue weighted by Crippen LogP contribution is 2.26. The first kappa shape index (κ1) is 12.5. The molecule has 19 heavy (non-hydrogen) atoms. The normalized spacial score (nSPS) is 26.3. The summed E-state index contributed by atoms with van der Waals surface area (Å²) in [5.74, 6) is 0.648. The minimum atomic E-state index is 0.110. The minimum Gasteiger partial charge on any atom is -0.508 e. The molecule has 102 valence electrons. The zero-order chi connectivity index (χ0) is 13.4. The van der Waals surface area contributed by atoms with Gasteiger partial charge in [0, 0.05) is 19.1 Å². The molecule has 1 fully saturated rings. The van der Waals surface area contributed by atoms with Crippen LogP contribution in [0, 0.1) is 5.92 Å². The van der Waals surface area contributed by atoms with Crippen molar-refractivity contribution < 1.29 is 9.90 Å². The Morgan fingerprint density at radius 3 is 3.00 bits per heavy atom. The number of fused-ring (bicyclic) bond motifs is 1. The Kier molecular flexibility index (Phi) is 3.19. The summed E-state index contributed by atoms with van der Waals surface area (Å²) in [7, 11) is 0. The van der Waals surface area contributed by atoms with E-state index in [0.29, 0.717) is 6.54 Å². The van der Waals surface area contributed by atoms with Crippen LogP contribution in [0.2, 0.25) is 0 Å². The van der Waals surface area contributed by atoms with Gasteiger partial charge in [-0.1, -0.05) is 6.07 Å². The summed E-state index contributed by atoms with van der Waals surface area (Å²) in [4.78, 5) is 14.5. The monoisotopic (exact) mass is 260 g/mol. The summed E-state index contributed by atoms with van der Waals surface area (Å²) in [6.45, 7) is 4.44. The van der Waals surface area contributed by atoms with Crippen LogP contribution in [0.1, 0.15) is 24.5 Å². The van der Waals surface area contributed by atoms with Crippen LogP contribution in [0.3, 0.4) is 0 Å². The van der Waals surface area contributed by atoms with Crippen LogP contribution in [0.15, 0.2) is 18.2 Å². The Balaban J connectivity index is 1.76. The standard InChI is InChI=1S/C15H20N2O2/c1-10-14(4-6-16-10)15(19)17-7-5-11-2-3-13(18)8-12(11)9-17/h2-3,8,10,14,16,18H,4-7,9H2,1H3. The van der Waals surface area contributed by atoms with E-state index >= 15 is 0 Å². The fraction of sp³-hybridized carbons (Fsp3) is 0.533. The number of nitrogens with zero attached hydrogens (tertiary/aromatic N) is 1. The van der Waals surface area contributed by atoms with E-state index in [9.17, 15) is 9.90 Å². The molecule has 0 radical (unpaired) electrons. The van der Waals surface area contributed by atoms with Crippen LogP contribution in [-0.2, 0) is 17.8 Å². The molecule has 2 N–H and O–H groups in total. The highest BCUT2D eigenvalue weighted by Gasteiger charge is 2.33. The molecule has 0 aliphatic carbocycles. The fourth-order valence-electron chi connectivity index (χ4n) is 3.16. The third-order valence-electron chi connectivity index (χ3n) is 4.36. The molecule has 4 heteroatoms. The van der Waals surface area contributed by atoms with Crippen molar-refractivity contribution in [1.29, 1.82) is 0 Å². The second-order valence-electron chi connectivity index (χ2n) is 5.60. The van der Waals surface area contributed by atoms with Crippen LogP contribution in [-0.4, -0.2) is 35.0 Å². The number of aromatic hydroxyl groups is 1. The van der Waals surface area contributed by atoms with E-state index in [2.05, 4.69) is 12.2 Å². The number of carbonyl (C=O) groups excluding carboxylic acids is 1. The number of amides is 1. The lowest BCUT2D eigenvalue weighted by Crippen LogP contribution is -2.42. The van der Waals surface area contributed by atoms with Gasteiger partial charge in [-0.3, -0.25) is 4.79 Å². The van der Waals surface area contributed by atoms with E-state index in [1.807, 2.05) is 11.0 Å². The molecule has 2 aliphatic heterocycles. The molecule has 0 spiro atoms. The maximum absolute atomic E-state index is 12.5. The molecular weight excluding hydrogens is 240 g/mol. The summed E-state index contributed by atoms with van der Waals surface area (Å²) in [5, 5.41) is 12.9. The highest BCUT2D eigenvalue weighted by atomic mass is 16.3. The zero-order valence-electron chi connectivity index (χ0n) is 11.2. The lowest BCUT2D eigenvalue weighted by atomic mass is 9.95. The van der Waals surface area contributed by atoms with Gasteiger partial charge in [0.15, 0.2) is 0 Å². The fourth-order valence-corrected chi connectivity index (χ4v) is 3.16. The molecule has 1 aromatic carbocycles. The van der Waals surface area contributed by atoms with E-state index in [0.717, 1.165) is 31.5 Å². The van der Waals surface area contributed by atoms with Gasteiger partial charge in [-0.2, -0.15) is 0 Å². The third-order valence-corrected chi connectivity index (χ3v) is 4.36. The lowest BCUT2D eigenvalue weighted by Gasteiger charge is -2.31. The van der Waals surface area contributed by atoms with Gasteiger partial charge in [-0.15, -0.1) is 0 Å². The maximum Gasteiger partial charge on any atom is 0.227 e. The number of hydrogen-bond donors (Lipinski definition) is 2. The van der Waals surface area contributed by atoms with Gasteiger partial charge in [-0.25, -0.2) is 0 Å². The number of hydrogen-bond acceptors (Lipinski definition) is 3. The van der Waals surface area contributed by atoms with Crippen LogP contribution in [0.25, 0.3) is 0 Å². The van der Waals surface area contributed by atoms with E-state index in [1.54, 1.807) is 12.1 Å². The van der Waals surface area contributed by atoms with E-state index in [-0.39, 0.29) is 23.6 Å². The Morgan fingerprint density at radius 1 is 1.42 bits per heavy atom. The zero-order valence-corrected chi connectivity index (χ0v) is 11.2. The Bertz CT molecular complexity index is 501. The number of rotatable bonds is 1. The van der Waals surface area contributed by atoms with Crippen molar-refractivity contribution in [3.8, 4) is 5.75 Å². The lowest BCUT2D eigenvalue weighted by molar-refractivity contribution is -0.136. The van der Waals surface area contributed by atoms with Crippen molar-refractivity contribution in [2.45, 2.75) is 32.4 Å². The number of carbonyl (C=O) groups is 1. The van der Waals surface area contributed by atoms with Gasteiger partial charge in [-0.05, 0) is 49.6 Å². The van der Waals surface area contributed by atoms with Gasteiger partial charge >= 0.3 is 0 Å². The number of phenolic OH excluding ortho intramolecular Hbond substituents is 1. The third kappa shape index (κ3) is 2.32. The van der Waals surface area contributed by atoms with Gasteiger partial charge in [0.05, 0.1) is 5.92 Å². The van der Waals surface area contributed by atoms with E-state index < -0.39 is 0 Å². The van der Waals surface area contributed by atoms with Crippen LogP contribution in [0.5, 0.6) is 5.75 Å². The molecule has 1 aromatic rings. The van der Waals surface area contributed by atoms with Crippen molar-refractivity contribution in [1.82, 2.24) is 10.2 Å². The number of nitrogens with one attached hydrogen (secondary N) is 1. The van der Waals surface area contributed by atoms with Crippen molar-refractivity contribution in [3.63, 3.8) is 0 Å². The SMILES string of the molecule is CC1NCCC1C(=O)N1CCc2ccc(O)cc2C1. The first-order valence-electron chi connectivity index (χ1n) is 6.98. The van der Waals surface area contributed by atoms with Crippen molar-refractivity contribution >= 4 is 5.91 Å². The first-order chi connectivity index (χ1) is 9.15. The predicted octanol–water partition coefficient (Wildman–Crippen LogP) is 1.27. The molecule has 0 aromatic heterocycles. The average Bonchev–Trinajstić information content (AvgIpc) is 2.83. The predicted molar refractivity (Wildman–Crippen MR) is 72.8 cm³/mol. The van der Waals surface area contributed by atoms with Crippen LogP contribution < -0.4 is 5.32 Å². The highest BCUT2D eigenvalue weighted by molar-refractivity contribution is 5.80. The van der Waals surface area contributed by atoms with Gasteiger partial charge in [0.2, 0.25) is 5.91 Å². The molecule has 0 bridgehead atoms. The summed E-state index contributed by atoms with van der Waals surface area (Å²) in [6.07, 6.45) is 1.82. The Labute approximate surface area is 113 Å². The molecule has 4 nitrogen and oxygen atoms in total. The second kappa shape index (κ2) is 4.85. The molecular formula is C15H20N2O2. The molecule has 2 unspecified atom stereocenters. The molecule has 3 rings (SSSR count). The quantitative estimate of drug-likeness (QED) is 0.799. The van der Waals surface area contributed by atoms with Crippen LogP contribution >= 0.6 is 0 Å². The van der Waals surface area contributed by atoms with Crippen LogP contribution in [0.4, 0.5) is 0 Å². The van der Waals surface area contributed by atoms with E-state index in [1.165, 1.54) is 5.56 Å². The molecule has 1 saturated heterocycles. The van der Waals surface area contributed by atoms with E-state index in [4.69, 9.17) is 0 Å². The molecule has 0 saturated carbocycles. The van der Waals surface area contributed by atoms with Gasteiger partial charge in [0.1, 0.15) is 5.75 Å².